The second-order valence-corrected chi connectivity index (χ2v) is 18.3. The molecule has 0 aliphatic rings. The van der Waals surface area contributed by atoms with Gasteiger partial charge in [0.1, 0.15) is 5.75 Å². The molecular formula is C38H48NO2PS. The summed E-state index contributed by atoms with van der Waals surface area (Å²) >= 11 is 0. The van der Waals surface area contributed by atoms with Crippen molar-refractivity contribution in [3.63, 3.8) is 0 Å². The highest BCUT2D eigenvalue weighted by atomic mass is 32.2. The Morgan fingerprint density at radius 3 is 1.53 bits per heavy atom. The number of hydrogen-bond acceptors (Lipinski definition) is 2. The van der Waals surface area contributed by atoms with Crippen LogP contribution in [-0.4, -0.2) is 16.1 Å². The molecule has 0 aliphatic carbocycles. The van der Waals surface area contributed by atoms with Crippen molar-refractivity contribution in [2.45, 2.75) is 83.9 Å². The molecule has 0 bridgehead atoms. The third-order valence-electron chi connectivity index (χ3n) is 7.56. The number of rotatable bonds is 8. The van der Waals surface area contributed by atoms with Gasteiger partial charge >= 0.3 is 0 Å². The molecule has 5 heteroatoms. The number of methoxy groups -OCH3 is 1. The first-order valence-electron chi connectivity index (χ1n) is 15.0. The molecule has 4 rings (SSSR count). The van der Waals surface area contributed by atoms with Crippen molar-refractivity contribution in [3.8, 4) is 5.75 Å². The Balaban J connectivity index is 2.06. The first-order valence-corrected chi connectivity index (χ1v) is 17.5. The van der Waals surface area contributed by atoms with Gasteiger partial charge in [0, 0.05) is 11.1 Å². The van der Waals surface area contributed by atoms with E-state index in [0.29, 0.717) is 0 Å². The summed E-state index contributed by atoms with van der Waals surface area (Å²) < 4.78 is 23.2. The van der Waals surface area contributed by atoms with E-state index < -0.39 is 23.7 Å². The van der Waals surface area contributed by atoms with Gasteiger partial charge in [-0.2, -0.15) is 0 Å². The highest BCUT2D eigenvalue weighted by Crippen LogP contribution is 2.44. The molecule has 0 amide bonds. The molecule has 4 aromatic rings. The van der Waals surface area contributed by atoms with Gasteiger partial charge < -0.3 is 4.74 Å². The van der Waals surface area contributed by atoms with Gasteiger partial charge in [-0.3, -0.25) is 0 Å². The maximum Gasteiger partial charge on any atom is 0.126 e. The van der Waals surface area contributed by atoms with E-state index in [1.807, 2.05) is 20.8 Å². The molecule has 1 N–H and O–H groups in total. The zero-order valence-electron chi connectivity index (χ0n) is 27.5. The average Bonchev–Trinajstić information content (AvgIpc) is 2.95. The zero-order chi connectivity index (χ0) is 31.6. The molecule has 0 fully saturated rings. The smallest absolute Gasteiger partial charge is 0.126 e. The van der Waals surface area contributed by atoms with Crippen LogP contribution in [0.4, 0.5) is 0 Å². The van der Waals surface area contributed by atoms with Gasteiger partial charge in [-0.15, -0.1) is 0 Å². The Morgan fingerprint density at radius 1 is 0.674 bits per heavy atom. The van der Waals surface area contributed by atoms with E-state index in [-0.39, 0.29) is 16.9 Å². The molecule has 228 valence electrons. The van der Waals surface area contributed by atoms with Gasteiger partial charge in [0.2, 0.25) is 0 Å². The summed E-state index contributed by atoms with van der Waals surface area (Å²) in [5.41, 5.74) is 4.22. The van der Waals surface area contributed by atoms with Crippen molar-refractivity contribution in [1.29, 1.82) is 0 Å². The van der Waals surface area contributed by atoms with Gasteiger partial charge in [-0.05, 0) is 78.7 Å². The summed E-state index contributed by atoms with van der Waals surface area (Å²) in [4.78, 5) is 0. The molecule has 0 aliphatic heterocycles. The Hall–Kier alpha value is -2.78. The molecular weight excluding hydrogens is 565 g/mol. The monoisotopic (exact) mass is 613 g/mol. The molecule has 0 saturated carbocycles. The fraction of sp³-hybridized carbons (Fsp3) is 0.368. The first-order chi connectivity index (χ1) is 20.1. The van der Waals surface area contributed by atoms with Crippen LogP contribution in [0.2, 0.25) is 0 Å². The molecule has 1 unspecified atom stereocenters. The lowest BCUT2D eigenvalue weighted by atomic mass is 9.77. The lowest BCUT2D eigenvalue weighted by molar-refractivity contribution is 0.381. The highest BCUT2D eigenvalue weighted by Gasteiger charge is 2.33. The minimum Gasteiger partial charge on any atom is -0.496 e. The number of nitrogens with one attached hydrogen (secondary N) is 1. The number of ether oxygens (including phenoxy) is 1. The van der Waals surface area contributed by atoms with Gasteiger partial charge in [-0.1, -0.05) is 126 Å². The molecule has 0 heterocycles. The van der Waals surface area contributed by atoms with Crippen LogP contribution in [0.3, 0.4) is 0 Å². The van der Waals surface area contributed by atoms with Gasteiger partial charge in [0.05, 0.1) is 28.9 Å². The molecule has 3 nitrogen and oxygen atoms in total. The Bertz CT molecular complexity index is 1470. The third kappa shape index (κ3) is 7.66. The van der Waals surface area contributed by atoms with E-state index in [1.54, 1.807) is 7.11 Å². The van der Waals surface area contributed by atoms with Gasteiger partial charge in [0.25, 0.3) is 0 Å². The van der Waals surface area contributed by atoms with Crippen LogP contribution in [-0.2, 0) is 21.8 Å². The van der Waals surface area contributed by atoms with Crippen molar-refractivity contribution in [2.75, 3.05) is 7.11 Å². The summed E-state index contributed by atoms with van der Waals surface area (Å²) in [6.45, 7) is 19.5. The van der Waals surface area contributed by atoms with Crippen LogP contribution in [0, 0.1) is 0 Å². The van der Waals surface area contributed by atoms with Crippen LogP contribution in [0.25, 0.3) is 0 Å². The fourth-order valence-corrected chi connectivity index (χ4v) is 8.59. The number of benzene rings is 4. The van der Waals surface area contributed by atoms with E-state index >= 15 is 0 Å². The Kier molecular flexibility index (Phi) is 10.1. The summed E-state index contributed by atoms with van der Waals surface area (Å²) in [7, 11) is -0.422. The number of hydrogen-bond donors (Lipinski definition) is 1. The van der Waals surface area contributed by atoms with Crippen LogP contribution < -0.4 is 25.4 Å². The topological polar surface area (TPSA) is 38.3 Å². The second kappa shape index (κ2) is 13.1. The predicted molar refractivity (Wildman–Crippen MR) is 188 cm³/mol. The molecule has 0 radical (unpaired) electrons. The normalized spacial score (nSPS) is 14.0. The van der Waals surface area contributed by atoms with E-state index in [9.17, 15) is 4.21 Å². The van der Waals surface area contributed by atoms with Crippen molar-refractivity contribution >= 4 is 34.8 Å². The van der Waals surface area contributed by atoms with Crippen LogP contribution in [0.15, 0.2) is 97.1 Å². The maximum atomic E-state index is 13.9. The largest absolute Gasteiger partial charge is 0.496 e. The first kappa shape index (κ1) is 33.1. The lowest BCUT2D eigenvalue weighted by Gasteiger charge is -2.33. The summed E-state index contributed by atoms with van der Waals surface area (Å²) in [6.07, 6.45) is 0. The van der Waals surface area contributed by atoms with E-state index in [1.165, 1.54) is 15.9 Å². The molecule has 2 atom stereocenters. The minimum atomic E-state index is -1.32. The zero-order valence-corrected chi connectivity index (χ0v) is 29.2. The second-order valence-electron chi connectivity index (χ2n) is 14.1. The van der Waals surface area contributed by atoms with Crippen molar-refractivity contribution < 1.29 is 8.95 Å². The van der Waals surface area contributed by atoms with Crippen molar-refractivity contribution in [1.82, 2.24) is 4.72 Å². The summed E-state index contributed by atoms with van der Waals surface area (Å²) in [5.74, 6) is 0.934. The average molecular weight is 614 g/mol. The van der Waals surface area contributed by atoms with Crippen molar-refractivity contribution in [3.05, 3.63) is 119 Å². The predicted octanol–water partition coefficient (Wildman–Crippen LogP) is 8.19. The maximum absolute atomic E-state index is 13.9. The Morgan fingerprint density at radius 2 is 1.12 bits per heavy atom. The lowest BCUT2D eigenvalue weighted by Crippen LogP contribution is -2.38. The molecule has 4 aromatic carbocycles. The van der Waals surface area contributed by atoms with E-state index in [2.05, 4.69) is 143 Å². The van der Waals surface area contributed by atoms with Crippen LogP contribution in [0.1, 0.15) is 90.6 Å². The molecule has 0 aromatic heterocycles. The minimum absolute atomic E-state index is 0.157. The Labute approximate surface area is 263 Å². The molecule has 0 saturated heterocycles. The fourth-order valence-electron chi connectivity index (χ4n) is 5.26. The summed E-state index contributed by atoms with van der Waals surface area (Å²) in [5, 5.41) is 3.82. The highest BCUT2D eigenvalue weighted by molar-refractivity contribution is 7.84. The SMILES string of the molecule is COc1c(C(C)(C)C)cc([C@@H](NS(=O)C(C)(C)C)c2ccccc2P(c2ccccc2)c2ccccc2)cc1C(C)(C)C. The summed E-state index contributed by atoms with van der Waals surface area (Å²) in [6, 6.07) is 34.5. The van der Waals surface area contributed by atoms with Crippen molar-refractivity contribution in [2.24, 2.45) is 0 Å². The molecule has 0 spiro atoms. The van der Waals surface area contributed by atoms with E-state index in [4.69, 9.17) is 4.74 Å². The van der Waals surface area contributed by atoms with E-state index in [0.717, 1.165) is 28.0 Å². The quantitative estimate of drug-likeness (QED) is 0.204. The third-order valence-corrected chi connectivity index (χ3v) is 11.6. The van der Waals surface area contributed by atoms with Gasteiger partial charge in [-0.25, -0.2) is 8.93 Å². The van der Waals surface area contributed by atoms with Gasteiger partial charge in [0.15, 0.2) is 0 Å². The van der Waals surface area contributed by atoms with Crippen LogP contribution in [0.5, 0.6) is 5.75 Å². The van der Waals surface area contributed by atoms with Crippen LogP contribution >= 0.6 is 7.92 Å². The molecule has 43 heavy (non-hydrogen) atoms. The standard InChI is InChI=1S/C38H48NO2PS/c1-36(2,3)31-25-27(26-32(35(31)41-10)37(4,5)6)34(39-43(40)38(7,8)9)30-23-17-18-24-33(30)42(28-19-13-11-14-20-28)29-21-15-12-16-22-29/h11-26,34,39H,1-10H3/t34-,43?/m1/s1.